The third kappa shape index (κ3) is 9.06. The molecule has 10 aromatic carbocycles. The van der Waals surface area contributed by atoms with Crippen LogP contribution in [0.5, 0.6) is 0 Å². The van der Waals surface area contributed by atoms with Crippen LogP contribution in [0.2, 0.25) is 0 Å². The molecular formula is C74H76N2. The van der Waals surface area contributed by atoms with Crippen molar-refractivity contribution in [2.45, 2.75) is 144 Å². The van der Waals surface area contributed by atoms with Crippen LogP contribution in [-0.4, -0.2) is 0 Å². The van der Waals surface area contributed by atoms with E-state index < -0.39 is 0 Å². The Hall–Kier alpha value is -7.16. The highest BCUT2D eigenvalue weighted by atomic mass is 15.2. The van der Waals surface area contributed by atoms with Crippen molar-refractivity contribution in [3.8, 4) is 22.3 Å². The normalized spacial score (nSPS) is 14.8. The third-order valence-corrected chi connectivity index (χ3v) is 17.9. The molecule has 0 aromatic heterocycles. The largest absolute Gasteiger partial charge is 0.309 e. The van der Waals surface area contributed by atoms with Crippen LogP contribution in [0, 0.1) is 41.5 Å². The minimum atomic E-state index is -0.00290. The zero-order valence-corrected chi connectivity index (χ0v) is 46.7. The van der Waals surface area contributed by atoms with Crippen LogP contribution >= 0.6 is 0 Å². The summed E-state index contributed by atoms with van der Waals surface area (Å²) in [5, 5.41) is 7.76. The van der Waals surface area contributed by atoms with Crippen molar-refractivity contribution in [1.82, 2.24) is 0 Å². The van der Waals surface area contributed by atoms with Crippen LogP contribution in [0.25, 0.3) is 54.6 Å². The smallest absolute Gasteiger partial charge is 0.0561 e. The molecule has 0 radical (unpaired) electrons. The van der Waals surface area contributed by atoms with E-state index in [2.05, 4.69) is 236 Å². The molecule has 0 atom stereocenters. The first-order chi connectivity index (χ1) is 36.8. The molecule has 2 saturated carbocycles. The lowest BCUT2D eigenvalue weighted by molar-refractivity contribution is 0.443. The lowest BCUT2D eigenvalue weighted by Crippen LogP contribution is -2.17. The van der Waals surface area contributed by atoms with Crippen LogP contribution in [-0.2, 0) is 5.41 Å². The molecule has 2 aliphatic rings. The van der Waals surface area contributed by atoms with Gasteiger partial charge in [-0.15, -0.1) is 0 Å². The Kier molecular flexibility index (Phi) is 13.1. The Labute approximate surface area is 453 Å². The van der Waals surface area contributed by atoms with Gasteiger partial charge in [0.25, 0.3) is 0 Å². The molecule has 0 amide bonds. The summed E-state index contributed by atoms with van der Waals surface area (Å²) in [5.41, 5.74) is 24.3. The predicted molar refractivity (Wildman–Crippen MR) is 329 cm³/mol. The van der Waals surface area contributed by atoms with Crippen LogP contribution in [0.3, 0.4) is 0 Å². The quantitative estimate of drug-likeness (QED) is 0.126. The lowest BCUT2D eigenvalue weighted by Gasteiger charge is -2.34. The van der Waals surface area contributed by atoms with E-state index in [1.54, 1.807) is 0 Å². The first-order valence-corrected chi connectivity index (χ1v) is 28.7. The number of anilines is 6. The fourth-order valence-electron chi connectivity index (χ4n) is 13.8. The van der Waals surface area contributed by atoms with Gasteiger partial charge in [-0.05, 0) is 215 Å². The summed E-state index contributed by atoms with van der Waals surface area (Å²) in [7, 11) is 0. The monoisotopic (exact) mass is 993 g/mol. The number of hydrogen-bond acceptors (Lipinski definition) is 2. The maximum absolute atomic E-state index is 2.66. The van der Waals surface area contributed by atoms with E-state index in [0.717, 1.165) is 0 Å². The van der Waals surface area contributed by atoms with Gasteiger partial charge < -0.3 is 9.80 Å². The van der Waals surface area contributed by atoms with Gasteiger partial charge in [0.1, 0.15) is 0 Å². The fourth-order valence-corrected chi connectivity index (χ4v) is 13.8. The standard InChI is InChI=1S/C74H76N2/c1-47-32-34-59(70-49(3)20-16-21-50(70)4)44-66(47)75(62-30-18-28-55(42-62)53-24-12-10-13-25-53)68-46-69(65-39-37-58-41-61(74(7,8)9)40-57-36-38-64(68)73(65)72(57)58)76(63-31-19-29-56(43-63)54-26-14-11-15-27-54)67-45-60(35-33-48(67)2)71-51(5)22-17-23-52(71)6/h16-23,28-46,53-54H,10-15,24-27H2,1-9H3. The second kappa shape index (κ2) is 20.1. The van der Waals surface area contributed by atoms with E-state index in [1.807, 2.05) is 0 Å². The van der Waals surface area contributed by atoms with E-state index >= 15 is 0 Å². The highest BCUT2D eigenvalue weighted by Gasteiger charge is 2.29. The van der Waals surface area contributed by atoms with Crippen LogP contribution in [0.15, 0.2) is 164 Å². The van der Waals surface area contributed by atoms with Crippen molar-refractivity contribution in [1.29, 1.82) is 0 Å². The second-order valence-electron chi connectivity index (χ2n) is 24.1. The molecule has 2 nitrogen and oxygen atoms in total. The van der Waals surface area contributed by atoms with Crippen molar-refractivity contribution < 1.29 is 0 Å². The fraction of sp³-hybridized carbons (Fsp3) is 0.297. The van der Waals surface area contributed by atoms with E-state index in [-0.39, 0.29) is 5.41 Å². The van der Waals surface area contributed by atoms with Crippen molar-refractivity contribution in [2.75, 3.05) is 9.80 Å². The van der Waals surface area contributed by atoms with Gasteiger partial charge in [-0.25, -0.2) is 0 Å². The Morgan fingerprint density at radius 1 is 0.355 bits per heavy atom. The topological polar surface area (TPSA) is 6.48 Å². The molecule has 0 heterocycles. The molecule has 0 spiro atoms. The van der Waals surface area contributed by atoms with E-state index in [9.17, 15) is 0 Å². The molecule has 0 N–H and O–H groups in total. The summed E-state index contributed by atoms with van der Waals surface area (Å²) in [4.78, 5) is 5.32. The highest BCUT2D eigenvalue weighted by Crippen LogP contribution is 2.53. The highest BCUT2D eigenvalue weighted by molar-refractivity contribution is 6.29. The first kappa shape index (κ1) is 49.7. The van der Waals surface area contributed by atoms with E-state index in [1.165, 1.54) is 203 Å². The van der Waals surface area contributed by atoms with E-state index in [0.29, 0.717) is 11.8 Å². The van der Waals surface area contributed by atoms with Crippen LogP contribution in [0.1, 0.15) is 147 Å². The molecule has 2 aliphatic carbocycles. The molecule has 76 heavy (non-hydrogen) atoms. The molecule has 382 valence electrons. The summed E-state index contributed by atoms with van der Waals surface area (Å²) in [6, 6.07) is 64.5. The number of rotatable bonds is 10. The maximum Gasteiger partial charge on any atom is 0.0561 e. The van der Waals surface area contributed by atoms with Crippen LogP contribution in [0.4, 0.5) is 34.1 Å². The molecule has 12 rings (SSSR count). The van der Waals surface area contributed by atoms with Gasteiger partial charge in [0.2, 0.25) is 0 Å². The van der Waals surface area contributed by atoms with Gasteiger partial charge in [0.15, 0.2) is 0 Å². The first-order valence-electron chi connectivity index (χ1n) is 28.7. The molecule has 0 unspecified atom stereocenters. The molecule has 2 fully saturated rings. The van der Waals surface area contributed by atoms with Crippen molar-refractivity contribution in [3.05, 3.63) is 214 Å². The minimum absolute atomic E-state index is 0.00290. The van der Waals surface area contributed by atoms with E-state index in [4.69, 9.17) is 0 Å². The average molecular weight is 993 g/mol. The van der Waals surface area contributed by atoms with Crippen molar-refractivity contribution in [3.63, 3.8) is 0 Å². The molecular weight excluding hydrogens is 917 g/mol. The van der Waals surface area contributed by atoms with Gasteiger partial charge in [-0.1, -0.05) is 181 Å². The summed E-state index contributed by atoms with van der Waals surface area (Å²) in [6.07, 6.45) is 12.9. The Morgan fingerprint density at radius 2 is 0.763 bits per heavy atom. The van der Waals surface area contributed by atoms with Crippen molar-refractivity contribution in [2.24, 2.45) is 0 Å². The summed E-state index contributed by atoms with van der Waals surface area (Å²) in [6.45, 7) is 20.7. The Balaban J connectivity index is 1.21. The van der Waals surface area contributed by atoms with Gasteiger partial charge in [-0.3, -0.25) is 0 Å². The Morgan fingerprint density at radius 3 is 1.17 bits per heavy atom. The van der Waals surface area contributed by atoms with Gasteiger partial charge >= 0.3 is 0 Å². The molecule has 10 aromatic rings. The number of nitrogens with zero attached hydrogens (tertiary/aromatic N) is 2. The third-order valence-electron chi connectivity index (χ3n) is 17.9. The lowest BCUT2D eigenvalue weighted by atomic mass is 9.82. The maximum atomic E-state index is 2.66. The van der Waals surface area contributed by atoms with Gasteiger partial charge in [-0.2, -0.15) is 0 Å². The molecule has 0 aliphatic heterocycles. The number of benzene rings is 10. The van der Waals surface area contributed by atoms with Gasteiger partial charge in [0.05, 0.1) is 11.4 Å². The minimum Gasteiger partial charge on any atom is -0.309 e. The van der Waals surface area contributed by atoms with Crippen LogP contribution < -0.4 is 9.80 Å². The summed E-state index contributed by atoms with van der Waals surface area (Å²) >= 11 is 0. The zero-order valence-electron chi connectivity index (χ0n) is 46.7. The average Bonchev–Trinajstić information content (AvgIpc) is 3.63. The number of aryl methyl sites for hydroxylation is 6. The summed E-state index contributed by atoms with van der Waals surface area (Å²) in [5.74, 6) is 1.12. The van der Waals surface area contributed by atoms with Crippen molar-refractivity contribution >= 4 is 66.4 Å². The predicted octanol–water partition coefficient (Wildman–Crippen LogP) is 22.1. The Bertz CT molecular complexity index is 3520. The summed E-state index contributed by atoms with van der Waals surface area (Å²) < 4.78 is 0. The number of hydrogen-bond donors (Lipinski definition) is 0. The second-order valence-corrected chi connectivity index (χ2v) is 24.1. The molecule has 0 saturated heterocycles. The molecule has 2 heteroatoms. The molecule has 0 bridgehead atoms. The zero-order chi connectivity index (χ0) is 52.4. The SMILES string of the molecule is Cc1ccc(-c2c(C)cccc2C)cc1N(c1cccc(C2CCCCC2)c1)c1cc(N(c2cccc(C3CCCCC3)c2)c2cc(-c3c(C)cccc3C)ccc2C)c2ccc3cc(C(C)(C)C)cc4ccc1c2c43. The van der Waals surface area contributed by atoms with Gasteiger partial charge in [0, 0.05) is 38.9 Å².